The van der Waals surface area contributed by atoms with Gasteiger partial charge in [-0.05, 0) is 83.5 Å². The van der Waals surface area contributed by atoms with Crippen LogP contribution in [0.2, 0.25) is 0 Å². The van der Waals surface area contributed by atoms with Gasteiger partial charge in [0.05, 0.1) is 18.8 Å². The van der Waals surface area contributed by atoms with Gasteiger partial charge < -0.3 is 20.6 Å². The highest BCUT2D eigenvalue weighted by Gasteiger charge is 2.26. The van der Waals surface area contributed by atoms with Crippen LogP contribution in [0.3, 0.4) is 0 Å². The lowest BCUT2D eigenvalue weighted by atomic mass is 10.0. The number of hydrogen-bond acceptors (Lipinski definition) is 4. The van der Waals surface area contributed by atoms with Crippen molar-refractivity contribution in [3.8, 4) is 0 Å². The standard InChI is InChI=1S/C55H103NO4/c1-3-5-7-9-11-13-15-17-18-19-20-21-22-23-24-25-26-27-28-29-30-31-32-33-34-35-36-38-40-42-44-46-48-50-54(59)56-52(51-57)55(60)53(58)49-47-45-43-41-39-37-16-14-12-10-8-6-4-2/h14,16,20-21,23-24,41,43,52-53,55,57-58,60H,3-13,15,17-19,22,25-40,42,44-51H2,1-2H3,(H,56,59)/b16-14+,21-20-,24-23-,43-41+. The molecule has 0 rings (SSSR count). The average molecular weight is 842 g/mol. The fourth-order valence-electron chi connectivity index (χ4n) is 8.03. The molecule has 5 nitrogen and oxygen atoms in total. The molecular formula is C55H103NO4. The van der Waals surface area contributed by atoms with E-state index in [1.54, 1.807) is 0 Å². The molecule has 1 amide bonds. The van der Waals surface area contributed by atoms with Crippen LogP contribution in [0.1, 0.15) is 271 Å². The molecule has 3 unspecified atom stereocenters. The molecule has 0 aromatic rings. The Bertz CT molecular complexity index is 974. The molecule has 0 radical (unpaired) electrons. The van der Waals surface area contributed by atoms with Gasteiger partial charge in [-0.1, -0.05) is 229 Å². The topological polar surface area (TPSA) is 89.8 Å². The van der Waals surface area contributed by atoms with Gasteiger partial charge in [-0.15, -0.1) is 0 Å². The second-order valence-corrected chi connectivity index (χ2v) is 18.1. The first-order valence-corrected chi connectivity index (χ1v) is 26.4. The second-order valence-electron chi connectivity index (χ2n) is 18.1. The van der Waals surface area contributed by atoms with E-state index in [-0.39, 0.29) is 12.5 Å². The van der Waals surface area contributed by atoms with Crippen molar-refractivity contribution < 1.29 is 20.1 Å². The van der Waals surface area contributed by atoms with E-state index in [2.05, 4.69) is 67.8 Å². The maximum Gasteiger partial charge on any atom is 0.220 e. The summed E-state index contributed by atoms with van der Waals surface area (Å²) in [5, 5.41) is 33.5. The predicted molar refractivity (Wildman–Crippen MR) is 264 cm³/mol. The van der Waals surface area contributed by atoms with Gasteiger partial charge in [-0.3, -0.25) is 4.79 Å². The summed E-state index contributed by atoms with van der Waals surface area (Å²) in [6, 6.07) is -0.832. The van der Waals surface area contributed by atoms with Crippen LogP contribution in [0, 0.1) is 0 Å². The number of carbonyl (C=O) groups is 1. The van der Waals surface area contributed by atoms with Gasteiger partial charge in [0, 0.05) is 6.42 Å². The zero-order valence-electron chi connectivity index (χ0n) is 40.1. The lowest BCUT2D eigenvalue weighted by Crippen LogP contribution is -2.50. The number of allylic oxidation sites excluding steroid dienone is 8. The van der Waals surface area contributed by atoms with Crippen molar-refractivity contribution in [2.45, 2.75) is 289 Å². The number of hydrogen-bond donors (Lipinski definition) is 4. The molecule has 4 N–H and O–H groups in total. The molecule has 0 aliphatic carbocycles. The molecule has 0 saturated heterocycles. The Balaban J connectivity index is 3.52. The molecule has 0 spiro atoms. The fraction of sp³-hybridized carbons (Fsp3) is 0.836. The maximum atomic E-state index is 12.5. The van der Waals surface area contributed by atoms with E-state index in [1.165, 1.54) is 193 Å². The molecule has 0 aromatic carbocycles. The third-order valence-electron chi connectivity index (χ3n) is 12.1. The van der Waals surface area contributed by atoms with E-state index >= 15 is 0 Å². The monoisotopic (exact) mass is 842 g/mol. The van der Waals surface area contributed by atoms with Gasteiger partial charge in [-0.2, -0.15) is 0 Å². The highest BCUT2D eigenvalue weighted by atomic mass is 16.3. The Hall–Kier alpha value is -1.69. The lowest BCUT2D eigenvalue weighted by molar-refractivity contribution is -0.124. The maximum absolute atomic E-state index is 12.5. The van der Waals surface area contributed by atoms with Crippen molar-refractivity contribution >= 4 is 5.91 Å². The summed E-state index contributed by atoms with van der Waals surface area (Å²) in [6.45, 7) is 4.15. The highest BCUT2D eigenvalue weighted by molar-refractivity contribution is 5.76. The zero-order chi connectivity index (χ0) is 43.7. The van der Waals surface area contributed by atoms with Crippen LogP contribution >= 0.6 is 0 Å². The Morgan fingerprint density at radius 1 is 0.417 bits per heavy atom. The normalized spacial score (nSPS) is 13.8. The van der Waals surface area contributed by atoms with E-state index < -0.39 is 18.2 Å². The van der Waals surface area contributed by atoms with Gasteiger partial charge in [0.15, 0.2) is 0 Å². The molecule has 0 heterocycles. The van der Waals surface area contributed by atoms with Crippen LogP contribution in [0.25, 0.3) is 0 Å². The number of aliphatic hydroxyl groups is 3. The number of aliphatic hydroxyl groups excluding tert-OH is 3. The molecule has 352 valence electrons. The summed E-state index contributed by atoms with van der Waals surface area (Å²) >= 11 is 0. The van der Waals surface area contributed by atoms with Crippen LogP contribution < -0.4 is 5.32 Å². The summed E-state index contributed by atoms with van der Waals surface area (Å²) in [5.41, 5.74) is 0. The summed E-state index contributed by atoms with van der Waals surface area (Å²) in [4.78, 5) is 12.5. The first-order valence-electron chi connectivity index (χ1n) is 26.4. The van der Waals surface area contributed by atoms with Crippen molar-refractivity contribution in [3.63, 3.8) is 0 Å². The predicted octanol–water partition coefficient (Wildman–Crippen LogP) is 16.1. The third kappa shape index (κ3) is 44.4. The first kappa shape index (κ1) is 58.3. The van der Waals surface area contributed by atoms with E-state index in [0.29, 0.717) is 12.8 Å². The first-order chi connectivity index (χ1) is 29.6. The molecule has 0 aliphatic heterocycles. The molecule has 0 aromatic heterocycles. The van der Waals surface area contributed by atoms with E-state index in [1.807, 2.05) is 0 Å². The van der Waals surface area contributed by atoms with Gasteiger partial charge in [0.25, 0.3) is 0 Å². The van der Waals surface area contributed by atoms with Crippen LogP contribution in [-0.4, -0.2) is 46.1 Å². The van der Waals surface area contributed by atoms with Crippen LogP contribution in [0.5, 0.6) is 0 Å². The largest absolute Gasteiger partial charge is 0.394 e. The molecule has 0 saturated carbocycles. The van der Waals surface area contributed by atoms with Crippen LogP contribution in [0.4, 0.5) is 0 Å². The van der Waals surface area contributed by atoms with Gasteiger partial charge in [-0.25, -0.2) is 0 Å². The minimum Gasteiger partial charge on any atom is -0.394 e. The minimum atomic E-state index is -1.17. The van der Waals surface area contributed by atoms with Crippen molar-refractivity contribution in [1.82, 2.24) is 5.32 Å². The minimum absolute atomic E-state index is 0.158. The number of carbonyl (C=O) groups excluding carboxylic acids is 1. The summed E-state index contributed by atoms with van der Waals surface area (Å²) < 4.78 is 0. The smallest absolute Gasteiger partial charge is 0.220 e. The number of rotatable bonds is 48. The van der Waals surface area contributed by atoms with E-state index in [0.717, 1.165) is 51.4 Å². The second kappa shape index (κ2) is 50.0. The number of unbranched alkanes of at least 4 members (excludes halogenated alkanes) is 32. The molecule has 3 atom stereocenters. The molecule has 60 heavy (non-hydrogen) atoms. The Kier molecular flexibility index (Phi) is 48.6. The molecule has 0 aliphatic rings. The SMILES string of the molecule is CCCCCC/C=C/CC/C=C/CCCC(O)C(O)C(CO)NC(=O)CCCCCCCCCCCCCCCCCCC/C=C\C/C=C\CCCCCCCCCCC. The fourth-order valence-corrected chi connectivity index (χ4v) is 8.03. The van der Waals surface area contributed by atoms with Crippen molar-refractivity contribution in [1.29, 1.82) is 0 Å². The highest BCUT2D eigenvalue weighted by Crippen LogP contribution is 2.16. The number of nitrogens with one attached hydrogen (secondary N) is 1. The quantitative estimate of drug-likeness (QED) is 0.0363. The van der Waals surface area contributed by atoms with Gasteiger partial charge in [0.1, 0.15) is 6.10 Å². The van der Waals surface area contributed by atoms with Crippen molar-refractivity contribution in [3.05, 3.63) is 48.6 Å². The molecule has 0 fully saturated rings. The third-order valence-corrected chi connectivity index (χ3v) is 12.1. The van der Waals surface area contributed by atoms with Crippen LogP contribution in [0.15, 0.2) is 48.6 Å². The lowest BCUT2D eigenvalue weighted by Gasteiger charge is -2.26. The molecule has 0 bridgehead atoms. The average Bonchev–Trinajstić information content (AvgIpc) is 3.25. The van der Waals surface area contributed by atoms with Gasteiger partial charge in [0.2, 0.25) is 5.91 Å². The Morgan fingerprint density at radius 2 is 0.733 bits per heavy atom. The van der Waals surface area contributed by atoms with Crippen molar-refractivity contribution in [2.75, 3.05) is 6.61 Å². The zero-order valence-corrected chi connectivity index (χ0v) is 40.1. The Labute approximate surface area is 374 Å². The summed E-state index contributed by atoms with van der Waals surface area (Å²) in [7, 11) is 0. The summed E-state index contributed by atoms with van der Waals surface area (Å²) in [6.07, 6.45) is 65.5. The van der Waals surface area contributed by atoms with Gasteiger partial charge >= 0.3 is 0 Å². The van der Waals surface area contributed by atoms with Crippen molar-refractivity contribution in [2.24, 2.45) is 0 Å². The number of amides is 1. The van der Waals surface area contributed by atoms with E-state index in [4.69, 9.17) is 0 Å². The van der Waals surface area contributed by atoms with E-state index in [9.17, 15) is 20.1 Å². The summed E-state index contributed by atoms with van der Waals surface area (Å²) in [5.74, 6) is -0.158. The Morgan fingerprint density at radius 3 is 1.13 bits per heavy atom. The van der Waals surface area contributed by atoms with Crippen LogP contribution in [-0.2, 0) is 4.79 Å². The molecule has 5 heteroatoms. The molecular weight excluding hydrogens is 739 g/mol.